The first-order valence-electron chi connectivity index (χ1n) is 8.05. The van der Waals surface area contributed by atoms with Crippen molar-refractivity contribution in [1.82, 2.24) is 4.90 Å². The second-order valence-corrected chi connectivity index (χ2v) is 5.62. The van der Waals surface area contributed by atoms with E-state index in [1.807, 2.05) is 30.3 Å². The Morgan fingerprint density at radius 3 is 2.46 bits per heavy atom. The number of alkyl halides is 2. The van der Waals surface area contributed by atoms with E-state index >= 15 is 0 Å². The minimum absolute atomic E-state index is 0.0624. The van der Waals surface area contributed by atoms with Gasteiger partial charge in [-0.3, -0.25) is 9.59 Å². The lowest BCUT2D eigenvalue weighted by Crippen LogP contribution is -2.31. The Morgan fingerprint density at radius 1 is 1.08 bits per heavy atom. The molecule has 5 nitrogen and oxygen atoms in total. The summed E-state index contributed by atoms with van der Waals surface area (Å²) in [6.07, 6.45) is 0.230. The number of carbonyl (C=O) groups is 2. The molecule has 0 saturated carbocycles. The van der Waals surface area contributed by atoms with Crippen LogP contribution in [0, 0.1) is 0 Å². The molecule has 0 radical (unpaired) electrons. The first kappa shape index (κ1) is 19.4. The Morgan fingerprint density at radius 2 is 1.81 bits per heavy atom. The maximum atomic E-state index is 12.8. The predicted molar refractivity (Wildman–Crippen MR) is 91.1 cm³/mol. The molecule has 2 aromatic rings. The minimum atomic E-state index is -2.98. The molecule has 0 aromatic heterocycles. The highest BCUT2D eigenvalue weighted by Crippen LogP contribution is 2.18. The van der Waals surface area contributed by atoms with Gasteiger partial charge >= 0.3 is 12.6 Å². The summed E-state index contributed by atoms with van der Waals surface area (Å²) < 4.78 is 29.1. The summed E-state index contributed by atoms with van der Waals surface area (Å²) >= 11 is 0. The lowest BCUT2D eigenvalue weighted by Gasteiger charge is -2.23. The van der Waals surface area contributed by atoms with Crippen molar-refractivity contribution in [3.63, 3.8) is 0 Å². The second-order valence-electron chi connectivity index (χ2n) is 5.62. The van der Waals surface area contributed by atoms with Gasteiger partial charge in [0, 0.05) is 25.1 Å². The van der Waals surface area contributed by atoms with Crippen LogP contribution in [0.3, 0.4) is 0 Å². The lowest BCUT2D eigenvalue weighted by atomic mass is 10.1. The normalized spacial score (nSPS) is 10.6. The minimum Gasteiger partial charge on any atom is -0.481 e. The number of nitrogens with zero attached hydrogens (tertiary/aromatic N) is 1. The SMILES string of the molecule is O=C(O)CCCN(Cc1ccccc1)C(=O)c1cccc(OC(F)F)c1. The molecule has 7 heteroatoms. The summed E-state index contributed by atoms with van der Waals surface area (Å²) in [5.74, 6) is -1.42. The third-order valence-electron chi connectivity index (χ3n) is 3.63. The molecule has 0 aliphatic heterocycles. The summed E-state index contributed by atoms with van der Waals surface area (Å²) in [6.45, 7) is -2.45. The molecule has 138 valence electrons. The zero-order valence-corrected chi connectivity index (χ0v) is 14.0. The van der Waals surface area contributed by atoms with E-state index in [0.717, 1.165) is 5.56 Å². The van der Waals surface area contributed by atoms with Gasteiger partial charge in [0.15, 0.2) is 0 Å². The van der Waals surface area contributed by atoms with Gasteiger partial charge in [-0.05, 0) is 30.2 Å². The number of hydrogen-bond acceptors (Lipinski definition) is 3. The van der Waals surface area contributed by atoms with E-state index in [9.17, 15) is 18.4 Å². The number of rotatable bonds is 9. The van der Waals surface area contributed by atoms with Gasteiger partial charge in [0.25, 0.3) is 5.91 Å². The van der Waals surface area contributed by atoms with Crippen LogP contribution in [-0.4, -0.2) is 35.0 Å². The molecule has 0 atom stereocenters. The summed E-state index contributed by atoms with van der Waals surface area (Å²) in [5, 5.41) is 8.80. The van der Waals surface area contributed by atoms with Crippen LogP contribution >= 0.6 is 0 Å². The van der Waals surface area contributed by atoms with Crippen molar-refractivity contribution in [3.8, 4) is 5.75 Å². The number of carbonyl (C=O) groups excluding carboxylic acids is 1. The topological polar surface area (TPSA) is 66.8 Å². The van der Waals surface area contributed by atoms with Gasteiger partial charge in [-0.1, -0.05) is 36.4 Å². The Balaban J connectivity index is 2.16. The van der Waals surface area contributed by atoms with Crippen molar-refractivity contribution in [2.45, 2.75) is 26.0 Å². The molecule has 1 N–H and O–H groups in total. The Labute approximate surface area is 149 Å². The molecular formula is C19H19F2NO4. The van der Waals surface area contributed by atoms with E-state index in [1.54, 1.807) is 0 Å². The van der Waals surface area contributed by atoms with Gasteiger partial charge < -0.3 is 14.7 Å². The number of benzene rings is 2. The highest BCUT2D eigenvalue weighted by Gasteiger charge is 2.18. The molecule has 0 fully saturated rings. The van der Waals surface area contributed by atoms with E-state index in [1.165, 1.54) is 29.2 Å². The quantitative estimate of drug-likeness (QED) is 0.736. The highest BCUT2D eigenvalue weighted by molar-refractivity contribution is 5.94. The monoisotopic (exact) mass is 363 g/mol. The maximum Gasteiger partial charge on any atom is 0.387 e. The number of carboxylic acid groups (broad SMARTS) is 1. The molecule has 1 amide bonds. The number of hydrogen-bond donors (Lipinski definition) is 1. The highest BCUT2D eigenvalue weighted by atomic mass is 19.3. The molecule has 0 heterocycles. The van der Waals surface area contributed by atoms with Crippen LogP contribution in [0.15, 0.2) is 54.6 Å². The average Bonchev–Trinajstić information content (AvgIpc) is 2.60. The number of aliphatic carboxylic acids is 1. The summed E-state index contributed by atoms with van der Waals surface area (Å²) in [6, 6.07) is 14.8. The maximum absolute atomic E-state index is 12.8. The predicted octanol–water partition coefficient (Wildman–Crippen LogP) is 3.80. The average molecular weight is 363 g/mol. The molecule has 0 bridgehead atoms. The molecule has 0 aliphatic carbocycles. The summed E-state index contributed by atoms with van der Waals surface area (Å²) in [4.78, 5) is 25.0. The first-order valence-corrected chi connectivity index (χ1v) is 8.05. The summed E-state index contributed by atoms with van der Waals surface area (Å²) in [5.41, 5.74) is 1.09. The van der Waals surface area contributed by atoms with Crippen LogP contribution < -0.4 is 4.74 Å². The van der Waals surface area contributed by atoms with Crippen molar-refractivity contribution in [3.05, 3.63) is 65.7 Å². The van der Waals surface area contributed by atoms with E-state index < -0.39 is 12.6 Å². The Hall–Kier alpha value is -2.96. The molecule has 2 aromatic carbocycles. The molecule has 0 unspecified atom stereocenters. The molecule has 0 aliphatic rings. The van der Waals surface area contributed by atoms with Crippen molar-refractivity contribution in [1.29, 1.82) is 0 Å². The van der Waals surface area contributed by atoms with Crippen LogP contribution in [0.2, 0.25) is 0 Å². The van der Waals surface area contributed by atoms with Gasteiger partial charge in [-0.25, -0.2) is 0 Å². The van der Waals surface area contributed by atoms with Crippen LogP contribution in [-0.2, 0) is 11.3 Å². The molecule has 0 spiro atoms. The summed E-state index contributed by atoms with van der Waals surface area (Å²) in [7, 11) is 0. The van der Waals surface area contributed by atoms with Crippen LogP contribution in [0.25, 0.3) is 0 Å². The first-order chi connectivity index (χ1) is 12.5. The number of halogens is 2. The zero-order valence-electron chi connectivity index (χ0n) is 14.0. The fourth-order valence-electron chi connectivity index (χ4n) is 2.47. The van der Waals surface area contributed by atoms with Crippen LogP contribution in [0.1, 0.15) is 28.8 Å². The standard InChI is InChI=1S/C19H19F2NO4/c20-19(21)26-16-9-4-8-15(12-16)18(25)22(11-5-10-17(23)24)13-14-6-2-1-3-7-14/h1-4,6-9,12,19H,5,10-11,13H2,(H,23,24). The van der Waals surface area contributed by atoms with E-state index in [2.05, 4.69) is 4.74 Å². The zero-order chi connectivity index (χ0) is 18.9. The molecule has 26 heavy (non-hydrogen) atoms. The number of carboxylic acids is 1. The Kier molecular flexibility index (Phi) is 7.08. The lowest BCUT2D eigenvalue weighted by molar-refractivity contribution is -0.137. The van der Waals surface area contributed by atoms with E-state index in [4.69, 9.17) is 5.11 Å². The third-order valence-corrected chi connectivity index (χ3v) is 3.63. The Bertz CT molecular complexity index is 737. The molecule has 0 saturated heterocycles. The molecule has 2 rings (SSSR count). The third kappa shape index (κ3) is 6.16. The second kappa shape index (κ2) is 9.50. The van der Waals surface area contributed by atoms with Crippen molar-refractivity contribution >= 4 is 11.9 Å². The fraction of sp³-hybridized carbons (Fsp3) is 0.263. The van der Waals surface area contributed by atoms with Crippen molar-refractivity contribution in [2.24, 2.45) is 0 Å². The van der Waals surface area contributed by atoms with E-state index in [0.29, 0.717) is 13.0 Å². The fourth-order valence-corrected chi connectivity index (χ4v) is 2.47. The van der Waals surface area contributed by atoms with Crippen molar-refractivity contribution in [2.75, 3.05) is 6.54 Å². The van der Waals surface area contributed by atoms with Gasteiger partial charge in [0.1, 0.15) is 5.75 Å². The largest absolute Gasteiger partial charge is 0.481 e. The number of ether oxygens (including phenoxy) is 1. The molecular weight excluding hydrogens is 344 g/mol. The van der Waals surface area contributed by atoms with Crippen molar-refractivity contribution < 1.29 is 28.2 Å². The van der Waals surface area contributed by atoms with Gasteiger partial charge in [0.05, 0.1) is 0 Å². The number of amides is 1. The van der Waals surface area contributed by atoms with E-state index in [-0.39, 0.29) is 30.2 Å². The van der Waals surface area contributed by atoms with Gasteiger partial charge in [-0.15, -0.1) is 0 Å². The van der Waals surface area contributed by atoms with Crippen LogP contribution in [0.5, 0.6) is 5.75 Å². The van der Waals surface area contributed by atoms with Crippen LogP contribution in [0.4, 0.5) is 8.78 Å². The van der Waals surface area contributed by atoms with Gasteiger partial charge in [-0.2, -0.15) is 8.78 Å². The van der Waals surface area contributed by atoms with Gasteiger partial charge in [0.2, 0.25) is 0 Å². The smallest absolute Gasteiger partial charge is 0.387 e.